The summed E-state index contributed by atoms with van der Waals surface area (Å²) in [6, 6.07) is 15.5. The average molecular weight is 408 g/mol. The summed E-state index contributed by atoms with van der Waals surface area (Å²) < 4.78 is 14.1. The minimum absolute atomic E-state index is 0.235. The molecule has 0 aromatic heterocycles. The Bertz CT molecular complexity index is 910. The Balaban J connectivity index is 1.53. The van der Waals surface area contributed by atoms with Crippen LogP contribution in [0.15, 0.2) is 47.5 Å². The molecule has 3 rings (SSSR count). The summed E-state index contributed by atoms with van der Waals surface area (Å²) in [5.74, 6) is 0.316. The summed E-state index contributed by atoms with van der Waals surface area (Å²) in [4.78, 5) is 7.04. The standard InChI is InChI=1S/C24H30FN5/c1-3-27-24(28-16-21-8-7-19(15-26)14-23(21)25)29-22-9-11-30(12-10-22)17-20-6-4-5-18(2)13-20/h4-8,13-14,22H,3,9-12,16-17H2,1-2H3,(H2,27,28,29). The van der Waals surface area contributed by atoms with E-state index in [4.69, 9.17) is 5.26 Å². The van der Waals surface area contributed by atoms with E-state index in [0.717, 1.165) is 39.0 Å². The van der Waals surface area contributed by atoms with E-state index in [1.165, 1.54) is 17.2 Å². The SMILES string of the molecule is CCNC(=NCc1ccc(C#N)cc1F)NC1CCN(Cc2cccc(C)c2)CC1. The predicted octanol–water partition coefficient (Wildman–Crippen LogP) is 3.73. The van der Waals surface area contributed by atoms with Crippen molar-refractivity contribution < 1.29 is 4.39 Å². The zero-order chi connectivity index (χ0) is 21.3. The van der Waals surface area contributed by atoms with Crippen LogP contribution in [-0.4, -0.2) is 36.5 Å². The number of benzene rings is 2. The van der Waals surface area contributed by atoms with Crippen molar-refractivity contribution in [2.45, 2.75) is 45.8 Å². The Hall–Kier alpha value is -2.91. The van der Waals surface area contributed by atoms with Gasteiger partial charge in [0.1, 0.15) is 5.82 Å². The van der Waals surface area contributed by atoms with Gasteiger partial charge < -0.3 is 10.6 Å². The van der Waals surface area contributed by atoms with Gasteiger partial charge in [0, 0.05) is 37.8 Å². The molecule has 2 aromatic carbocycles. The third-order valence-electron chi connectivity index (χ3n) is 5.35. The first-order valence-electron chi connectivity index (χ1n) is 10.6. The molecule has 2 N–H and O–H groups in total. The second kappa shape index (κ2) is 10.7. The fourth-order valence-corrected chi connectivity index (χ4v) is 3.73. The third-order valence-corrected chi connectivity index (χ3v) is 5.35. The summed E-state index contributed by atoms with van der Waals surface area (Å²) in [5, 5.41) is 15.6. The molecule has 0 saturated carbocycles. The molecular formula is C24H30FN5. The number of piperidine rings is 1. The number of nitrogens with one attached hydrogen (secondary N) is 2. The van der Waals surface area contributed by atoms with Crippen molar-refractivity contribution in [1.82, 2.24) is 15.5 Å². The maximum Gasteiger partial charge on any atom is 0.191 e. The Morgan fingerprint density at radius 3 is 2.70 bits per heavy atom. The molecule has 1 saturated heterocycles. The van der Waals surface area contributed by atoms with Crippen LogP contribution in [0.25, 0.3) is 0 Å². The van der Waals surface area contributed by atoms with Crippen molar-refractivity contribution in [3.8, 4) is 6.07 Å². The molecule has 0 aliphatic carbocycles. The summed E-state index contributed by atoms with van der Waals surface area (Å²) in [6.45, 7) is 8.19. The quantitative estimate of drug-likeness (QED) is 0.566. The van der Waals surface area contributed by atoms with Crippen molar-refractivity contribution in [2.75, 3.05) is 19.6 Å². The Labute approximate surface area is 178 Å². The molecular weight excluding hydrogens is 377 g/mol. The second-order valence-corrected chi connectivity index (χ2v) is 7.80. The minimum Gasteiger partial charge on any atom is -0.357 e. The number of nitriles is 1. The van der Waals surface area contributed by atoms with Crippen LogP contribution >= 0.6 is 0 Å². The zero-order valence-corrected chi connectivity index (χ0v) is 17.8. The smallest absolute Gasteiger partial charge is 0.191 e. The van der Waals surface area contributed by atoms with E-state index in [1.807, 2.05) is 13.0 Å². The van der Waals surface area contributed by atoms with Gasteiger partial charge in [0.2, 0.25) is 0 Å². The molecule has 1 heterocycles. The highest BCUT2D eigenvalue weighted by Crippen LogP contribution is 2.15. The number of nitrogens with zero attached hydrogens (tertiary/aromatic N) is 3. The van der Waals surface area contributed by atoms with E-state index in [2.05, 4.69) is 51.7 Å². The van der Waals surface area contributed by atoms with Crippen LogP contribution in [0.1, 0.15) is 42.0 Å². The molecule has 158 valence electrons. The van der Waals surface area contributed by atoms with Gasteiger partial charge in [-0.2, -0.15) is 5.26 Å². The van der Waals surface area contributed by atoms with Gasteiger partial charge in [0.05, 0.1) is 18.2 Å². The van der Waals surface area contributed by atoms with Crippen molar-refractivity contribution in [1.29, 1.82) is 5.26 Å². The zero-order valence-electron chi connectivity index (χ0n) is 17.8. The Morgan fingerprint density at radius 2 is 2.03 bits per heavy atom. The first-order valence-corrected chi connectivity index (χ1v) is 10.6. The van der Waals surface area contributed by atoms with Crippen LogP contribution < -0.4 is 10.6 Å². The van der Waals surface area contributed by atoms with E-state index in [9.17, 15) is 4.39 Å². The number of likely N-dealkylation sites (tertiary alicyclic amines) is 1. The summed E-state index contributed by atoms with van der Waals surface area (Å²) in [6.07, 6.45) is 2.09. The lowest BCUT2D eigenvalue weighted by molar-refractivity contribution is 0.198. The molecule has 2 aromatic rings. The van der Waals surface area contributed by atoms with Gasteiger partial charge in [0.25, 0.3) is 0 Å². The Morgan fingerprint density at radius 1 is 1.23 bits per heavy atom. The van der Waals surface area contributed by atoms with Gasteiger partial charge >= 0.3 is 0 Å². The van der Waals surface area contributed by atoms with Crippen molar-refractivity contribution >= 4 is 5.96 Å². The van der Waals surface area contributed by atoms with Gasteiger partial charge in [-0.3, -0.25) is 4.90 Å². The molecule has 0 bridgehead atoms. The van der Waals surface area contributed by atoms with Crippen LogP contribution in [0.2, 0.25) is 0 Å². The molecule has 0 radical (unpaired) electrons. The predicted molar refractivity (Wildman–Crippen MR) is 119 cm³/mol. The van der Waals surface area contributed by atoms with Crippen molar-refractivity contribution in [3.63, 3.8) is 0 Å². The van der Waals surface area contributed by atoms with E-state index in [0.29, 0.717) is 23.1 Å². The molecule has 1 aliphatic heterocycles. The average Bonchev–Trinajstić information content (AvgIpc) is 2.74. The lowest BCUT2D eigenvalue weighted by Gasteiger charge is -2.33. The highest BCUT2D eigenvalue weighted by molar-refractivity contribution is 5.80. The fraction of sp³-hybridized carbons (Fsp3) is 0.417. The van der Waals surface area contributed by atoms with Crippen LogP contribution in [0, 0.1) is 24.1 Å². The topological polar surface area (TPSA) is 63.5 Å². The number of halogens is 1. The molecule has 1 fully saturated rings. The van der Waals surface area contributed by atoms with Crippen molar-refractivity contribution in [2.24, 2.45) is 4.99 Å². The lowest BCUT2D eigenvalue weighted by atomic mass is 10.0. The molecule has 0 atom stereocenters. The molecule has 0 spiro atoms. The van der Waals surface area contributed by atoms with E-state index < -0.39 is 5.82 Å². The lowest BCUT2D eigenvalue weighted by Crippen LogP contribution is -2.48. The van der Waals surface area contributed by atoms with E-state index in [1.54, 1.807) is 12.1 Å². The van der Waals surface area contributed by atoms with E-state index >= 15 is 0 Å². The fourth-order valence-electron chi connectivity index (χ4n) is 3.73. The number of aryl methyl sites for hydroxylation is 1. The van der Waals surface area contributed by atoms with Crippen molar-refractivity contribution in [3.05, 3.63) is 70.5 Å². The Kier molecular flexibility index (Phi) is 7.81. The van der Waals surface area contributed by atoms with Crippen LogP contribution in [-0.2, 0) is 13.1 Å². The summed E-state index contributed by atoms with van der Waals surface area (Å²) in [5.41, 5.74) is 3.47. The summed E-state index contributed by atoms with van der Waals surface area (Å²) in [7, 11) is 0. The number of hydrogen-bond acceptors (Lipinski definition) is 3. The number of rotatable bonds is 6. The van der Waals surface area contributed by atoms with Crippen LogP contribution in [0.4, 0.5) is 4.39 Å². The monoisotopic (exact) mass is 407 g/mol. The largest absolute Gasteiger partial charge is 0.357 e. The highest BCUT2D eigenvalue weighted by Gasteiger charge is 2.20. The second-order valence-electron chi connectivity index (χ2n) is 7.80. The highest BCUT2D eigenvalue weighted by atomic mass is 19.1. The maximum absolute atomic E-state index is 14.1. The molecule has 30 heavy (non-hydrogen) atoms. The van der Waals surface area contributed by atoms with Gasteiger partial charge in [-0.05, 0) is 44.4 Å². The first kappa shape index (κ1) is 21.8. The number of guanidine groups is 1. The van der Waals surface area contributed by atoms with Crippen LogP contribution in [0.3, 0.4) is 0 Å². The first-order chi connectivity index (χ1) is 14.6. The number of hydrogen-bond donors (Lipinski definition) is 2. The molecule has 5 nitrogen and oxygen atoms in total. The van der Waals surface area contributed by atoms with Gasteiger partial charge in [0.15, 0.2) is 5.96 Å². The van der Waals surface area contributed by atoms with Gasteiger partial charge in [-0.25, -0.2) is 9.38 Å². The molecule has 0 amide bonds. The molecule has 6 heteroatoms. The van der Waals surface area contributed by atoms with Gasteiger partial charge in [-0.1, -0.05) is 35.9 Å². The summed E-state index contributed by atoms with van der Waals surface area (Å²) >= 11 is 0. The normalized spacial score (nSPS) is 15.6. The van der Waals surface area contributed by atoms with Gasteiger partial charge in [-0.15, -0.1) is 0 Å². The van der Waals surface area contributed by atoms with E-state index in [-0.39, 0.29) is 6.54 Å². The van der Waals surface area contributed by atoms with Crippen LogP contribution in [0.5, 0.6) is 0 Å². The maximum atomic E-state index is 14.1. The molecule has 1 aliphatic rings. The molecule has 0 unspecified atom stereocenters. The minimum atomic E-state index is -0.391. The number of aliphatic imine (C=N–C) groups is 1. The third kappa shape index (κ3) is 6.30.